The first-order valence-corrected chi connectivity index (χ1v) is 8.29. The lowest BCUT2D eigenvalue weighted by Gasteiger charge is -2.36. The van der Waals surface area contributed by atoms with Crippen LogP contribution in [0.25, 0.3) is 5.65 Å². The Balaban J connectivity index is 1.75. The van der Waals surface area contributed by atoms with Gasteiger partial charge in [-0.05, 0) is 34.6 Å². The number of ether oxygens (including phenoxy) is 1. The smallest absolute Gasteiger partial charge is 0.410 e. The summed E-state index contributed by atoms with van der Waals surface area (Å²) in [6.07, 6.45) is 3.61. The fourth-order valence-electron chi connectivity index (χ4n) is 2.85. The van der Waals surface area contributed by atoms with Gasteiger partial charge >= 0.3 is 6.09 Å². The predicted octanol–water partition coefficient (Wildman–Crippen LogP) is 2.40. The van der Waals surface area contributed by atoms with Crippen LogP contribution in [0.5, 0.6) is 0 Å². The third-order valence-corrected chi connectivity index (χ3v) is 4.01. The van der Waals surface area contributed by atoms with Crippen molar-refractivity contribution < 1.29 is 9.53 Å². The molecule has 2 aromatic rings. The van der Waals surface area contributed by atoms with Gasteiger partial charge in [-0.1, -0.05) is 0 Å². The minimum Gasteiger partial charge on any atom is -0.444 e. The maximum atomic E-state index is 12.2. The molecule has 0 spiro atoms. The molecule has 0 N–H and O–H groups in total. The van der Waals surface area contributed by atoms with Crippen LogP contribution in [0.15, 0.2) is 12.4 Å². The Bertz CT molecular complexity index is 754. The van der Waals surface area contributed by atoms with Gasteiger partial charge in [0, 0.05) is 44.3 Å². The molecule has 0 radical (unpaired) electrons. The summed E-state index contributed by atoms with van der Waals surface area (Å²) in [7, 11) is 0. The molecule has 3 heterocycles. The largest absolute Gasteiger partial charge is 0.444 e. The minimum absolute atomic E-state index is 0.249. The van der Waals surface area contributed by atoms with Crippen LogP contribution in [0.2, 0.25) is 0 Å². The molecule has 130 valence electrons. The number of imidazole rings is 1. The van der Waals surface area contributed by atoms with Gasteiger partial charge in [-0.3, -0.25) is 4.40 Å². The number of fused-ring (bicyclic) bond motifs is 1. The van der Waals surface area contributed by atoms with E-state index in [9.17, 15) is 4.79 Å². The highest BCUT2D eigenvalue weighted by molar-refractivity contribution is 5.70. The molecule has 0 aromatic carbocycles. The van der Waals surface area contributed by atoms with E-state index in [1.807, 2.05) is 47.0 Å². The van der Waals surface area contributed by atoms with Crippen molar-refractivity contribution in [2.75, 3.05) is 31.1 Å². The molecule has 3 rings (SSSR count). The van der Waals surface area contributed by atoms with Gasteiger partial charge in [0.15, 0.2) is 11.5 Å². The van der Waals surface area contributed by atoms with Crippen molar-refractivity contribution in [2.24, 2.45) is 0 Å². The van der Waals surface area contributed by atoms with Crippen LogP contribution >= 0.6 is 0 Å². The number of anilines is 1. The quantitative estimate of drug-likeness (QED) is 0.803. The highest BCUT2D eigenvalue weighted by Crippen LogP contribution is 2.22. The zero-order valence-corrected chi connectivity index (χ0v) is 15.0. The summed E-state index contributed by atoms with van der Waals surface area (Å²) in [5.41, 5.74) is 2.44. The number of aryl methyl sites for hydroxylation is 2. The molecule has 7 heteroatoms. The summed E-state index contributed by atoms with van der Waals surface area (Å²) in [6, 6.07) is 0. The molecule has 1 aliphatic heterocycles. The molecule has 1 amide bonds. The van der Waals surface area contributed by atoms with E-state index >= 15 is 0 Å². The number of hydrogen-bond acceptors (Lipinski definition) is 5. The summed E-state index contributed by atoms with van der Waals surface area (Å²) in [6.45, 7) is 12.4. The zero-order valence-electron chi connectivity index (χ0n) is 15.0. The second kappa shape index (κ2) is 5.96. The number of rotatable bonds is 1. The van der Waals surface area contributed by atoms with E-state index in [0.717, 1.165) is 35.9 Å². The lowest BCUT2D eigenvalue weighted by atomic mass is 10.2. The second-order valence-electron chi connectivity index (χ2n) is 7.25. The minimum atomic E-state index is -0.466. The van der Waals surface area contributed by atoms with Crippen LogP contribution in [0, 0.1) is 13.8 Å². The predicted molar refractivity (Wildman–Crippen MR) is 92.5 cm³/mol. The molecule has 7 nitrogen and oxygen atoms in total. The van der Waals surface area contributed by atoms with Crippen LogP contribution in [0.3, 0.4) is 0 Å². The highest BCUT2D eigenvalue weighted by Gasteiger charge is 2.27. The third-order valence-electron chi connectivity index (χ3n) is 4.01. The maximum absolute atomic E-state index is 12.2. The Morgan fingerprint density at radius 3 is 2.46 bits per heavy atom. The Hall–Kier alpha value is -2.31. The number of carbonyl (C=O) groups is 1. The van der Waals surface area contributed by atoms with Gasteiger partial charge in [-0.2, -0.15) is 0 Å². The van der Waals surface area contributed by atoms with Gasteiger partial charge in [-0.25, -0.2) is 14.8 Å². The van der Waals surface area contributed by atoms with E-state index in [-0.39, 0.29) is 6.09 Å². The van der Waals surface area contributed by atoms with Crippen molar-refractivity contribution in [3.8, 4) is 0 Å². The van der Waals surface area contributed by atoms with Crippen LogP contribution in [0.4, 0.5) is 10.6 Å². The second-order valence-corrected chi connectivity index (χ2v) is 7.25. The maximum Gasteiger partial charge on any atom is 0.410 e. The molecule has 1 fully saturated rings. The Labute approximate surface area is 142 Å². The summed E-state index contributed by atoms with van der Waals surface area (Å²) in [4.78, 5) is 25.3. The molecule has 0 unspecified atom stereocenters. The summed E-state index contributed by atoms with van der Waals surface area (Å²) in [5, 5.41) is 0. The topological polar surface area (TPSA) is 63.0 Å². The Morgan fingerprint density at radius 1 is 1.17 bits per heavy atom. The zero-order chi connectivity index (χ0) is 17.5. The average Bonchev–Trinajstić information content (AvgIpc) is 2.86. The fourth-order valence-corrected chi connectivity index (χ4v) is 2.85. The van der Waals surface area contributed by atoms with Gasteiger partial charge < -0.3 is 14.5 Å². The number of hydrogen-bond donors (Lipinski definition) is 0. The highest BCUT2D eigenvalue weighted by atomic mass is 16.6. The van der Waals surface area contributed by atoms with Crippen LogP contribution in [0.1, 0.15) is 32.2 Å². The first-order valence-electron chi connectivity index (χ1n) is 8.29. The van der Waals surface area contributed by atoms with Gasteiger partial charge in [0.25, 0.3) is 0 Å². The number of piperazine rings is 1. The normalized spacial score (nSPS) is 15.9. The molecule has 0 saturated carbocycles. The SMILES string of the molecule is Cc1cn2c(C)cnc2c(N2CCN(C(=O)OC(C)(C)C)CC2)n1. The van der Waals surface area contributed by atoms with E-state index in [4.69, 9.17) is 4.74 Å². The summed E-state index contributed by atoms with van der Waals surface area (Å²) >= 11 is 0. The van der Waals surface area contributed by atoms with Crippen molar-refractivity contribution in [3.63, 3.8) is 0 Å². The van der Waals surface area contributed by atoms with Gasteiger partial charge in [0.1, 0.15) is 5.60 Å². The van der Waals surface area contributed by atoms with Crippen molar-refractivity contribution in [2.45, 2.75) is 40.2 Å². The molecule has 1 aliphatic rings. The molecule has 0 aliphatic carbocycles. The average molecular weight is 331 g/mol. The van der Waals surface area contributed by atoms with Gasteiger partial charge in [-0.15, -0.1) is 0 Å². The molecular weight excluding hydrogens is 306 g/mol. The number of nitrogens with zero attached hydrogens (tertiary/aromatic N) is 5. The molecule has 0 bridgehead atoms. The Morgan fingerprint density at radius 2 is 1.83 bits per heavy atom. The molecule has 24 heavy (non-hydrogen) atoms. The first-order chi connectivity index (χ1) is 11.2. The monoisotopic (exact) mass is 331 g/mol. The van der Waals surface area contributed by atoms with E-state index in [0.29, 0.717) is 13.1 Å². The number of amides is 1. The van der Waals surface area contributed by atoms with Crippen LogP contribution in [-0.4, -0.2) is 57.1 Å². The van der Waals surface area contributed by atoms with Crippen molar-refractivity contribution in [3.05, 3.63) is 23.8 Å². The number of aromatic nitrogens is 3. The van der Waals surface area contributed by atoms with Crippen molar-refractivity contribution in [1.82, 2.24) is 19.3 Å². The molecule has 0 atom stereocenters. The molecule has 1 saturated heterocycles. The van der Waals surface area contributed by atoms with E-state index in [2.05, 4.69) is 19.3 Å². The van der Waals surface area contributed by atoms with Gasteiger partial charge in [0.05, 0.1) is 5.69 Å². The lowest BCUT2D eigenvalue weighted by molar-refractivity contribution is 0.0240. The first kappa shape index (κ1) is 16.5. The van der Waals surface area contributed by atoms with Crippen molar-refractivity contribution in [1.29, 1.82) is 0 Å². The van der Waals surface area contributed by atoms with Crippen molar-refractivity contribution >= 4 is 17.6 Å². The van der Waals surface area contributed by atoms with Gasteiger partial charge in [0.2, 0.25) is 0 Å². The molecule has 2 aromatic heterocycles. The van der Waals surface area contributed by atoms with Crippen LogP contribution in [-0.2, 0) is 4.74 Å². The van der Waals surface area contributed by atoms with Crippen LogP contribution < -0.4 is 4.90 Å². The lowest BCUT2D eigenvalue weighted by Crippen LogP contribution is -2.50. The van der Waals surface area contributed by atoms with E-state index in [1.54, 1.807) is 4.90 Å². The summed E-state index contributed by atoms with van der Waals surface area (Å²) in [5.74, 6) is 0.881. The number of carbonyl (C=O) groups excluding carboxylic acids is 1. The fraction of sp³-hybridized carbons (Fsp3) is 0.588. The van der Waals surface area contributed by atoms with E-state index < -0.39 is 5.60 Å². The standard InChI is InChI=1S/C17H25N5O2/c1-12-11-22-13(2)10-18-14(22)15(19-12)20-6-8-21(9-7-20)16(23)24-17(3,4)5/h10-11H,6-9H2,1-5H3. The van der Waals surface area contributed by atoms with E-state index in [1.165, 1.54) is 0 Å². The summed E-state index contributed by atoms with van der Waals surface area (Å²) < 4.78 is 7.51. The molecular formula is C17H25N5O2. The Kier molecular flexibility index (Phi) is 4.11. The third kappa shape index (κ3) is 3.29.